The number of ether oxygens (including phenoxy) is 1. The van der Waals surface area contributed by atoms with Gasteiger partial charge in [0.1, 0.15) is 11.4 Å². The molecule has 0 heterocycles. The summed E-state index contributed by atoms with van der Waals surface area (Å²) in [5.74, 6) is 0.806. The van der Waals surface area contributed by atoms with Crippen LogP contribution in [0.15, 0.2) is 24.3 Å². The molecule has 1 aromatic rings. The van der Waals surface area contributed by atoms with Crippen molar-refractivity contribution < 1.29 is 9.84 Å². The van der Waals surface area contributed by atoms with Gasteiger partial charge < -0.3 is 15.2 Å². The molecule has 0 bridgehead atoms. The summed E-state index contributed by atoms with van der Waals surface area (Å²) in [5, 5.41) is 14.1. The maximum atomic E-state index is 10.7. The second-order valence-corrected chi connectivity index (χ2v) is 5.72. The Morgan fingerprint density at radius 3 is 2.11 bits per heavy atom. The monoisotopic (exact) mass is 251 g/mol. The lowest BCUT2D eigenvalue weighted by Gasteiger charge is -2.32. The van der Waals surface area contributed by atoms with Gasteiger partial charge in [0.2, 0.25) is 0 Å². The van der Waals surface area contributed by atoms with Gasteiger partial charge in [-0.15, -0.1) is 0 Å². The fourth-order valence-electron chi connectivity index (χ4n) is 1.74. The summed E-state index contributed by atoms with van der Waals surface area (Å²) in [7, 11) is 1.64. The molecule has 0 saturated carbocycles. The van der Waals surface area contributed by atoms with Crippen LogP contribution in [0.3, 0.4) is 0 Å². The quantitative estimate of drug-likeness (QED) is 0.845. The number of β-amino-alcohol motifs (C(OH)–C–C–N with tert-alkyl or cyclic N) is 1. The fraction of sp³-hybridized carbons (Fsp3) is 0.600. The first-order valence-electron chi connectivity index (χ1n) is 6.43. The Labute approximate surface area is 110 Å². The van der Waals surface area contributed by atoms with Crippen LogP contribution in [-0.2, 0) is 5.60 Å². The molecule has 0 aliphatic carbocycles. The summed E-state index contributed by atoms with van der Waals surface area (Å²) >= 11 is 0. The molecule has 0 saturated heterocycles. The molecule has 0 aliphatic rings. The molecular weight excluding hydrogens is 226 g/mol. The molecule has 0 fully saturated rings. The van der Waals surface area contributed by atoms with Gasteiger partial charge in [-0.3, -0.25) is 0 Å². The van der Waals surface area contributed by atoms with E-state index < -0.39 is 5.60 Å². The average molecular weight is 251 g/mol. The maximum Gasteiger partial charge on any atom is 0.118 e. The van der Waals surface area contributed by atoms with Crippen molar-refractivity contribution in [1.82, 2.24) is 5.32 Å². The van der Waals surface area contributed by atoms with Gasteiger partial charge in [-0.1, -0.05) is 19.1 Å². The van der Waals surface area contributed by atoms with Crippen LogP contribution >= 0.6 is 0 Å². The van der Waals surface area contributed by atoms with Crippen LogP contribution in [0.25, 0.3) is 0 Å². The normalized spacial score (nSPS) is 15.2. The van der Waals surface area contributed by atoms with Crippen molar-refractivity contribution in [3.63, 3.8) is 0 Å². The lowest BCUT2D eigenvalue weighted by atomic mass is 9.90. The number of hydrogen-bond donors (Lipinski definition) is 2. The molecular formula is C15H25NO2. The van der Waals surface area contributed by atoms with E-state index >= 15 is 0 Å². The van der Waals surface area contributed by atoms with Crippen molar-refractivity contribution in [2.45, 2.75) is 45.3 Å². The van der Waals surface area contributed by atoms with E-state index in [-0.39, 0.29) is 5.54 Å². The molecule has 0 aromatic heterocycles. The standard InChI is InChI=1S/C15H25NO2/c1-6-15(17,11-16-14(2,3)4)12-7-9-13(18-5)10-8-12/h7-10,16-17H,6,11H2,1-5H3. The summed E-state index contributed by atoms with van der Waals surface area (Å²) in [5.41, 5.74) is 0.0809. The summed E-state index contributed by atoms with van der Waals surface area (Å²) in [6, 6.07) is 7.61. The van der Waals surface area contributed by atoms with Gasteiger partial charge >= 0.3 is 0 Å². The smallest absolute Gasteiger partial charge is 0.118 e. The molecule has 2 N–H and O–H groups in total. The molecule has 3 heteroatoms. The molecule has 0 amide bonds. The second kappa shape index (κ2) is 5.72. The largest absolute Gasteiger partial charge is 0.497 e. The topological polar surface area (TPSA) is 41.5 Å². The SMILES string of the molecule is CCC(O)(CNC(C)(C)C)c1ccc(OC)cc1. The minimum atomic E-state index is -0.834. The summed E-state index contributed by atoms with van der Waals surface area (Å²) in [6.45, 7) is 8.82. The molecule has 1 aromatic carbocycles. The van der Waals surface area contributed by atoms with Crippen molar-refractivity contribution in [2.75, 3.05) is 13.7 Å². The zero-order valence-corrected chi connectivity index (χ0v) is 12.1. The van der Waals surface area contributed by atoms with Crippen LogP contribution in [0.4, 0.5) is 0 Å². The molecule has 0 radical (unpaired) electrons. The van der Waals surface area contributed by atoms with Crippen LogP contribution < -0.4 is 10.1 Å². The van der Waals surface area contributed by atoms with Crippen molar-refractivity contribution in [3.8, 4) is 5.75 Å². The van der Waals surface area contributed by atoms with E-state index in [1.807, 2.05) is 31.2 Å². The molecule has 1 atom stereocenters. The number of benzene rings is 1. The van der Waals surface area contributed by atoms with E-state index in [0.29, 0.717) is 13.0 Å². The van der Waals surface area contributed by atoms with Gasteiger partial charge in [0.15, 0.2) is 0 Å². The van der Waals surface area contributed by atoms with Gasteiger partial charge in [-0.25, -0.2) is 0 Å². The minimum Gasteiger partial charge on any atom is -0.497 e. The highest BCUT2D eigenvalue weighted by atomic mass is 16.5. The van der Waals surface area contributed by atoms with Crippen LogP contribution in [-0.4, -0.2) is 24.3 Å². The number of nitrogens with one attached hydrogen (secondary N) is 1. The Kier molecular flexibility index (Phi) is 4.77. The van der Waals surface area contributed by atoms with Crippen molar-refractivity contribution in [3.05, 3.63) is 29.8 Å². The van der Waals surface area contributed by atoms with Crippen LogP contribution in [0.5, 0.6) is 5.75 Å². The predicted octanol–water partition coefficient (Wildman–Crippen LogP) is 2.68. The first kappa shape index (κ1) is 15.0. The zero-order chi connectivity index (χ0) is 13.8. The van der Waals surface area contributed by atoms with E-state index in [2.05, 4.69) is 26.1 Å². The molecule has 1 unspecified atom stereocenters. The third-order valence-electron chi connectivity index (χ3n) is 3.12. The van der Waals surface area contributed by atoms with Gasteiger partial charge in [-0.2, -0.15) is 0 Å². The van der Waals surface area contributed by atoms with E-state index in [4.69, 9.17) is 4.74 Å². The minimum absolute atomic E-state index is 0.00434. The Morgan fingerprint density at radius 1 is 1.17 bits per heavy atom. The van der Waals surface area contributed by atoms with Crippen molar-refractivity contribution >= 4 is 0 Å². The van der Waals surface area contributed by atoms with Crippen LogP contribution in [0.1, 0.15) is 39.7 Å². The van der Waals surface area contributed by atoms with Crippen molar-refractivity contribution in [1.29, 1.82) is 0 Å². The van der Waals surface area contributed by atoms with Gasteiger partial charge in [0, 0.05) is 12.1 Å². The van der Waals surface area contributed by atoms with E-state index in [9.17, 15) is 5.11 Å². The predicted molar refractivity (Wildman–Crippen MR) is 74.9 cm³/mol. The Bertz CT molecular complexity index is 367. The Morgan fingerprint density at radius 2 is 1.72 bits per heavy atom. The van der Waals surface area contributed by atoms with Gasteiger partial charge in [0.25, 0.3) is 0 Å². The molecule has 18 heavy (non-hydrogen) atoms. The first-order chi connectivity index (χ1) is 8.30. The van der Waals surface area contributed by atoms with E-state index in [1.165, 1.54) is 0 Å². The summed E-state index contributed by atoms with van der Waals surface area (Å²) < 4.78 is 5.13. The number of rotatable bonds is 5. The summed E-state index contributed by atoms with van der Waals surface area (Å²) in [6.07, 6.45) is 0.669. The lowest BCUT2D eigenvalue weighted by Crippen LogP contribution is -2.45. The Hall–Kier alpha value is -1.06. The molecule has 102 valence electrons. The summed E-state index contributed by atoms with van der Waals surface area (Å²) in [4.78, 5) is 0. The van der Waals surface area contributed by atoms with Gasteiger partial charge in [-0.05, 0) is 44.9 Å². The lowest BCUT2D eigenvalue weighted by molar-refractivity contribution is 0.0266. The van der Waals surface area contributed by atoms with Crippen molar-refractivity contribution in [2.24, 2.45) is 0 Å². The van der Waals surface area contributed by atoms with E-state index in [0.717, 1.165) is 11.3 Å². The number of hydrogen-bond acceptors (Lipinski definition) is 3. The average Bonchev–Trinajstić information content (AvgIpc) is 2.35. The van der Waals surface area contributed by atoms with E-state index in [1.54, 1.807) is 7.11 Å². The molecule has 3 nitrogen and oxygen atoms in total. The first-order valence-corrected chi connectivity index (χ1v) is 6.43. The highest BCUT2D eigenvalue weighted by molar-refractivity contribution is 5.31. The molecule has 0 aliphatic heterocycles. The highest BCUT2D eigenvalue weighted by Gasteiger charge is 2.28. The number of aliphatic hydroxyl groups is 1. The molecule has 0 spiro atoms. The zero-order valence-electron chi connectivity index (χ0n) is 12.1. The molecule has 1 rings (SSSR count). The highest BCUT2D eigenvalue weighted by Crippen LogP contribution is 2.26. The van der Waals surface area contributed by atoms with Crippen LogP contribution in [0, 0.1) is 0 Å². The van der Waals surface area contributed by atoms with Gasteiger partial charge in [0.05, 0.1) is 7.11 Å². The third kappa shape index (κ3) is 4.00. The number of methoxy groups -OCH3 is 1. The maximum absolute atomic E-state index is 10.7. The fourth-order valence-corrected chi connectivity index (χ4v) is 1.74. The van der Waals surface area contributed by atoms with Crippen LogP contribution in [0.2, 0.25) is 0 Å². The third-order valence-corrected chi connectivity index (χ3v) is 3.12. The second-order valence-electron chi connectivity index (χ2n) is 5.72. The Balaban J connectivity index is 2.85.